The summed E-state index contributed by atoms with van der Waals surface area (Å²) in [5, 5.41) is 15.5. The van der Waals surface area contributed by atoms with Crippen LogP contribution in [0.4, 0.5) is 0 Å². The van der Waals surface area contributed by atoms with Crippen LogP contribution in [0.15, 0.2) is 64.3 Å². The number of hydrogen-bond donors (Lipinski definition) is 2. The minimum atomic E-state index is -0.554. The van der Waals surface area contributed by atoms with Gasteiger partial charge < -0.3 is 15.2 Å². The number of phenolic OH excluding ortho intramolecular Hbond substituents is 1. The summed E-state index contributed by atoms with van der Waals surface area (Å²) in [6.45, 7) is 4.24. The van der Waals surface area contributed by atoms with Crippen molar-refractivity contribution in [2.75, 3.05) is 18.1 Å². The fourth-order valence-corrected chi connectivity index (χ4v) is 5.81. The normalized spacial score (nSPS) is 20.8. The molecule has 32 heavy (non-hydrogen) atoms. The number of ketones is 1. The molecule has 0 fully saturated rings. The molecule has 0 amide bonds. The average Bonchev–Trinajstić information content (AvgIpc) is 3.30. The predicted octanol–water partition coefficient (Wildman–Crippen LogP) is 5.11. The standard InChI is InChI=1S/C25H27NO4S2/c1-3-31-11-9-30-25(29)22-15(2)26-19-13-17(21-8-5-10-32-21)14-20(28)24(19)23(22)16-6-4-7-18(27)12-16/h4-8,10,12,17,23,26-27H,3,9,11,13-14H2,1-2H3/t17-,23-/m0/s1. The topological polar surface area (TPSA) is 75.6 Å². The van der Waals surface area contributed by atoms with Gasteiger partial charge in [-0.05, 0) is 48.2 Å². The maximum absolute atomic E-state index is 13.4. The van der Waals surface area contributed by atoms with Crippen molar-refractivity contribution in [2.24, 2.45) is 0 Å². The smallest absolute Gasteiger partial charge is 0.336 e. The van der Waals surface area contributed by atoms with Gasteiger partial charge in [-0.1, -0.05) is 25.1 Å². The Balaban J connectivity index is 1.71. The van der Waals surface area contributed by atoms with E-state index >= 15 is 0 Å². The summed E-state index contributed by atoms with van der Waals surface area (Å²) in [5.41, 5.74) is 3.34. The molecule has 0 unspecified atom stereocenters. The van der Waals surface area contributed by atoms with Gasteiger partial charge in [0.15, 0.2) is 5.78 Å². The molecule has 0 bridgehead atoms. The van der Waals surface area contributed by atoms with Gasteiger partial charge in [-0.3, -0.25) is 4.79 Å². The number of Topliss-reactive ketones (excluding diaryl/α,β-unsaturated/α-hetero) is 1. The highest BCUT2D eigenvalue weighted by molar-refractivity contribution is 7.99. The molecule has 2 heterocycles. The zero-order valence-corrected chi connectivity index (χ0v) is 19.9. The fraction of sp³-hybridized carbons (Fsp3) is 0.360. The summed E-state index contributed by atoms with van der Waals surface area (Å²) in [4.78, 5) is 27.8. The zero-order valence-electron chi connectivity index (χ0n) is 18.2. The van der Waals surface area contributed by atoms with E-state index in [4.69, 9.17) is 4.74 Å². The van der Waals surface area contributed by atoms with E-state index in [0.29, 0.717) is 36.3 Å². The lowest BCUT2D eigenvalue weighted by Crippen LogP contribution is -2.36. The van der Waals surface area contributed by atoms with Crippen molar-refractivity contribution in [3.8, 4) is 5.75 Å². The highest BCUT2D eigenvalue weighted by atomic mass is 32.2. The number of phenols is 1. The molecule has 1 aromatic carbocycles. The van der Waals surface area contributed by atoms with Crippen LogP contribution in [0.2, 0.25) is 0 Å². The highest BCUT2D eigenvalue weighted by Crippen LogP contribution is 2.46. The molecule has 2 N–H and O–H groups in total. The fourth-order valence-electron chi connectivity index (χ4n) is 4.49. The Morgan fingerprint density at radius 3 is 2.84 bits per heavy atom. The molecule has 4 rings (SSSR count). The molecule has 5 nitrogen and oxygen atoms in total. The van der Waals surface area contributed by atoms with Crippen molar-refractivity contribution in [2.45, 2.75) is 38.5 Å². The molecular formula is C25H27NO4S2. The Bertz CT molecular complexity index is 1070. The van der Waals surface area contributed by atoms with Gasteiger partial charge in [-0.25, -0.2) is 4.79 Å². The van der Waals surface area contributed by atoms with E-state index in [1.165, 1.54) is 4.88 Å². The minimum Gasteiger partial charge on any atom is -0.508 e. The summed E-state index contributed by atoms with van der Waals surface area (Å²) < 4.78 is 5.58. The number of nitrogens with one attached hydrogen (secondary N) is 1. The first-order valence-electron chi connectivity index (χ1n) is 10.8. The molecule has 2 aliphatic rings. The van der Waals surface area contributed by atoms with Crippen LogP contribution >= 0.6 is 23.1 Å². The second-order valence-corrected chi connectivity index (χ2v) is 10.3. The quantitative estimate of drug-likeness (QED) is 0.433. The lowest BCUT2D eigenvalue weighted by atomic mass is 9.72. The van der Waals surface area contributed by atoms with Crippen LogP contribution in [0.25, 0.3) is 0 Å². The van der Waals surface area contributed by atoms with Crippen LogP contribution in [0, 0.1) is 0 Å². The van der Waals surface area contributed by atoms with E-state index in [-0.39, 0.29) is 17.5 Å². The molecular weight excluding hydrogens is 442 g/mol. The highest BCUT2D eigenvalue weighted by Gasteiger charge is 2.41. The zero-order chi connectivity index (χ0) is 22.7. The number of benzene rings is 1. The number of rotatable bonds is 7. The Morgan fingerprint density at radius 1 is 1.28 bits per heavy atom. The molecule has 1 aliphatic heterocycles. The first-order valence-corrected chi connectivity index (χ1v) is 12.8. The van der Waals surface area contributed by atoms with Gasteiger partial charge in [0, 0.05) is 45.9 Å². The van der Waals surface area contributed by atoms with Crippen LogP contribution in [0.1, 0.15) is 49.0 Å². The largest absolute Gasteiger partial charge is 0.508 e. The second-order valence-electron chi connectivity index (χ2n) is 7.96. The molecule has 0 saturated carbocycles. The monoisotopic (exact) mass is 469 g/mol. The van der Waals surface area contributed by atoms with Crippen molar-refractivity contribution in [1.82, 2.24) is 5.32 Å². The SMILES string of the molecule is CCSCCOC(=O)C1=C(C)NC2=C(C(=O)C[C@@H](c3cccs3)C2)[C@H]1c1cccc(O)c1. The maximum Gasteiger partial charge on any atom is 0.336 e. The molecule has 1 aliphatic carbocycles. The van der Waals surface area contributed by atoms with E-state index in [9.17, 15) is 14.7 Å². The van der Waals surface area contributed by atoms with Crippen LogP contribution in [0.3, 0.4) is 0 Å². The van der Waals surface area contributed by atoms with Crippen LogP contribution in [-0.2, 0) is 14.3 Å². The number of thioether (sulfide) groups is 1. The van der Waals surface area contributed by atoms with Gasteiger partial charge >= 0.3 is 5.97 Å². The van der Waals surface area contributed by atoms with Gasteiger partial charge in [-0.15, -0.1) is 11.3 Å². The Morgan fingerprint density at radius 2 is 2.12 bits per heavy atom. The summed E-state index contributed by atoms with van der Waals surface area (Å²) in [6.07, 6.45) is 1.12. The van der Waals surface area contributed by atoms with Crippen LogP contribution < -0.4 is 5.32 Å². The molecule has 7 heteroatoms. The molecule has 1 aromatic heterocycles. The predicted molar refractivity (Wildman–Crippen MR) is 129 cm³/mol. The lowest BCUT2D eigenvalue weighted by Gasteiger charge is -2.36. The second kappa shape index (κ2) is 9.96. The van der Waals surface area contributed by atoms with E-state index in [0.717, 1.165) is 22.8 Å². The maximum atomic E-state index is 13.4. The molecule has 2 aromatic rings. The number of hydrogen-bond acceptors (Lipinski definition) is 7. The lowest BCUT2D eigenvalue weighted by molar-refractivity contribution is -0.138. The molecule has 168 valence electrons. The number of thiophene rings is 1. The third-order valence-corrected chi connectivity index (χ3v) is 7.76. The molecule has 2 atom stereocenters. The van der Waals surface area contributed by atoms with E-state index in [1.807, 2.05) is 24.4 Å². The Kier molecular flexibility index (Phi) is 7.06. The van der Waals surface area contributed by atoms with Crippen LogP contribution in [0.5, 0.6) is 5.75 Å². The molecule has 0 saturated heterocycles. The summed E-state index contributed by atoms with van der Waals surface area (Å²) in [5.74, 6) is 0.987. The van der Waals surface area contributed by atoms with Gasteiger partial charge in [0.25, 0.3) is 0 Å². The number of allylic oxidation sites excluding steroid dienone is 3. The molecule has 0 spiro atoms. The summed E-state index contributed by atoms with van der Waals surface area (Å²) in [7, 11) is 0. The Labute approximate surface area is 196 Å². The van der Waals surface area contributed by atoms with Gasteiger partial charge in [0.2, 0.25) is 0 Å². The van der Waals surface area contributed by atoms with E-state index in [1.54, 1.807) is 41.3 Å². The van der Waals surface area contributed by atoms with Crippen LogP contribution in [-0.4, -0.2) is 35.0 Å². The average molecular weight is 470 g/mol. The third-order valence-electron chi connectivity index (χ3n) is 5.86. The minimum absolute atomic E-state index is 0.0323. The number of ether oxygens (including phenoxy) is 1. The number of esters is 1. The van der Waals surface area contributed by atoms with Crippen molar-refractivity contribution in [3.05, 3.63) is 74.8 Å². The Hall–Kier alpha value is -2.51. The summed E-state index contributed by atoms with van der Waals surface area (Å²) >= 11 is 3.38. The number of carbonyl (C=O) groups is 2. The summed E-state index contributed by atoms with van der Waals surface area (Å²) in [6, 6.07) is 10.9. The van der Waals surface area contributed by atoms with Gasteiger partial charge in [0.1, 0.15) is 12.4 Å². The van der Waals surface area contributed by atoms with E-state index < -0.39 is 11.9 Å². The molecule has 0 radical (unpaired) electrons. The van der Waals surface area contributed by atoms with Crippen molar-refractivity contribution < 1.29 is 19.4 Å². The van der Waals surface area contributed by atoms with Gasteiger partial charge in [0.05, 0.1) is 5.57 Å². The van der Waals surface area contributed by atoms with E-state index in [2.05, 4.69) is 18.3 Å². The van der Waals surface area contributed by atoms with Crippen molar-refractivity contribution >= 4 is 34.9 Å². The number of dihydropyridines is 1. The third kappa shape index (κ3) is 4.64. The van der Waals surface area contributed by atoms with Crippen molar-refractivity contribution in [1.29, 1.82) is 0 Å². The van der Waals surface area contributed by atoms with Crippen molar-refractivity contribution in [3.63, 3.8) is 0 Å². The first kappa shape index (κ1) is 22.7. The number of carbonyl (C=O) groups excluding carboxylic acids is 2. The number of aromatic hydroxyl groups is 1. The first-order chi connectivity index (χ1) is 15.5. The van der Waals surface area contributed by atoms with Gasteiger partial charge in [-0.2, -0.15) is 11.8 Å².